The Morgan fingerprint density at radius 2 is 1.38 bits per heavy atom. The maximum atomic E-state index is 3.78. The summed E-state index contributed by atoms with van der Waals surface area (Å²) >= 11 is 0. The molecule has 1 aromatic heterocycles. The molecule has 8 heavy (non-hydrogen) atoms. The number of rotatable bonds is 0. The third kappa shape index (κ3) is 5.27. The van der Waals surface area contributed by atoms with Crippen LogP contribution in [0.3, 0.4) is 0 Å². The number of halogens is 1. The Labute approximate surface area is 107 Å². The van der Waals surface area contributed by atoms with Crippen LogP contribution in [0.25, 0.3) is 0 Å². The van der Waals surface area contributed by atoms with E-state index in [1.807, 2.05) is 18.2 Å². The molecule has 0 aliphatic carbocycles. The average molecular weight is 231 g/mol. The van der Waals surface area contributed by atoms with Crippen molar-refractivity contribution in [1.29, 1.82) is 0 Å². The molecule has 0 aliphatic heterocycles. The van der Waals surface area contributed by atoms with Gasteiger partial charge in [-0.1, -0.05) is 6.07 Å². The van der Waals surface area contributed by atoms with Gasteiger partial charge in [-0.25, -0.2) is 0 Å². The standard InChI is InChI=1S/C5H5N.Cs.FH/c1-2-4-6-5-3-1;;/h1-5H;;1H/q;+1;/p-1. The maximum absolute atomic E-state index is 3.78. The van der Waals surface area contributed by atoms with Gasteiger partial charge < -0.3 is 4.70 Å². The summed E-state index contributed by atoms with van der Waals surface area (Å²) in [5, 5.41) is 0. The third-order valence-corrected chi connectivity index (χ3v) is 0.566. The molecular formula is C5H5CsFN. The average Bonchev–Trinajstić information content (AvgIpc) is 1.72. The van der Waals surface area contributed by atoms with Gasteiger partial charge in [0.05, 0.1) is 0 Å². The largest absolute Gasteiger partial charge is 1.00 e. The van der Waals surface area contributed by atoms with Crippen LogP contribution in [-0.2, 0) is 0 Å². The van der Waals surface area contributed by atoms with Crippen LogP contribution in [0.4, 0.5) is 0 Å². The number of pyridine rings is 1. The van der Waals surface area contributed by atoms with Crippen molar-refractivity contribution in [2.45, 2.75) is 0 Å². The van der Waals surface area contributed by atoms with E-state index < -0.39 is 0 Å². The van der Waals surface area contributed by atoms with Gasteiger partial charge in [0.15, 0.2) is 0 Å². The molecule has 1 nitrogen and oxygen atoms in total. The summed E-state index contributed by atoms with van der Waals surface area (Å²) < 4.78 is 0. The molecule has 1 rings (SSSR count). The summed E-state index contributed by atoms with van der Waals surface area (Å²) in [5.41, 5.74) is 0. The predicted molar refractivity (Wildman–Crippen MR) is 24.2 cm³/mol. The summed E-state index contributed by atoms with van der Waals surface area (Å²) in [6.45, 7) is 0. The fourth-order valence-corrected chi connectivity index (χ4v) is 0.313. The second-order valence-electron chi connectivity index (χ2n) is 1.02. The minimum absolute atomic E-state index is 0. The Morgan fingerprint density at radius 1 is 0.875 bits per heavy atom. The Kier molecular flexibility index (Phi) is 12.1. The van der Waals surface area contributed by atoms with Crippen LogP contribution < -0.4 is 73.6 Å². The molecule has 0 atom stereocenters. The number of aromatic nitrogens is 1. The van der Waals surface area contributed by atoms with E-state index in [2.05, 4.69) is 4.98 Å². The molecule has 0 aliphatic rings. The molecule has 1 heterocycles. The quantitative estimate of drug-likeness (QED) is 0.436. The Morgan fingerprint density at radius 3 is 1.50 bits per heavy atom. The Hall–Kier alpha value is 1.13. The molecule has 0 amide bonds. The van der Waals surface area contributed by atoms with Gasteiger partial charge in [0.1, 0.15) is 0 Å². The molecule has 38 valence electrons. The van der Waals surface area contributed by atoms with Gasteiger partial charge in [-0.05, 0) is 12.1 Å². The first-order valence-corrected chi connectivity index (χ1v) is 1.85. The molecule has 0 unspecified atom stereocenters. The Balaban J connectivity index is 0. The molecule has 0 radical (unpaired) electrons. The number of nitrogens with zero attached hydrogens (tertiary/aromatic N) is 1. The fraction of sp³-hybridized carbons (Fsp3) is 0. The van der Waals surface area contributed by atoms with Crippen LogP contribution in [0, 0.1) is 0 Å². The first kappa shape index (κ1) is 11.9. The molecule has 1 aromatic rings. The second kappa shape index (κ2) is 8.13. The second-order valence-corrected chi connectivity index (χ2v) is 1.02. The first-order chi connectivity index (χ1) is 3.00. The van der Waals surface area contributed by atoms with Crippen LogP contribution in [0.5, 0.6) is 0 Å². The molecule has 3 heteroatoms. The van der Waals surface area contributed by atoms with Gasteiger partial charge in [-0.2, -0.15) is 0 Å². The van der Waals surface area contributed by atoms with Crippen LogP contribution in [0.15, 0.2) is 30.6 Å². The van der Waals surface area contributed by atoms with E-state index in [4.69, 9.17) is 0 Å². The molecule has 0 saturated heterocycles. The summed E-state index contributed by atoms with van der Waals surface area (Å²) in [7, 11) is 0. The number of hydrogen-bond donors (Lipinski definition) is 0. The van der Waals surface area contributed by atoms with Crippen LogP contribution >= 0.6 is 0 Å². The van der Waals surface area contributed by atoms with Crippen molar-refractivity contribution in [3.63, 3.8) is 0 Å². The van der Waals surface area contributed by atoms with E-state index in [1.165, 1.54) is 0 Å². The van der Waals surface area contributed by atoms with E-state index in [0.717, 1.165) is 0 Å². The van der Waals surface area contributed by atoms with E-state index in [0.29, 0.717) is 0 Å². The molecular weight excluding hydrogens is 226 g/mol. The van der Waals surface area contributed by atoms with Gasteiger partial charge in [0, 0.05) is 12.4 Å². The maximum Gasteiger partial charge on any atom is 1.00 e. The van der Waals surface area contributed by atoms with Crippen LogP contribution in [0.1, 0.15) is 0 Å². The SMILES string of the molecule is [Cs+].[F-].c1ccncc1. The topological polar surface area (TPSA) is 12.9 Å². The van der Waals surface area contributed by atoms with Crippen LogP contribution in [0.2, 0.25) is 0 Å². The van der Waals surface area contributed by atoms with Crippen molar-refractivity contribution in [3.05, 3.63) is 30.6 Å². The molecule has 0 N–H and O–H groups in total. The summed E-state index contributed by atoms with van der Waals surface area (Å²) in [6, 6.07) is 5.72. The fourth-order valence-electron chi connectivity index (χ4n) is 0.313. The molecule has 0 spiro atoms. The van der Waals surface area contributed by atoms with Gasteiger partial charge in [0.2, 0.25) is 0 Å². The third-order valence-electron chi connectivity index (χ3n) is 0.566. The van der Waals surface area contributed by atoms with Crippen LogP contribution in [-0.4, -0.2) is 4.98 Å². The van der Waals surface area contributed by atoms with Crippen molar-refractivity contribution in [2.75, 3.05) is 0 Å². The smallest absolute Gasteiger partial charge is 1.00 e. The van der Waals surface area contributed by atoms with Crippen molar-refractivity contribution in [1.82, 2.24) is 4.98 Å². The normalized spacial score (nSPS) is 6.00. The molecule has 0 fully saturated rings. The summed E-state index contributed by atoms with van der Waals surface area (Å²) in [5.74, 6) is 0. The zero-order valence-corrected chi connectivity index (χ0v) is 11.0. The van der Waals surface area contributed by atoms with Crippen molar-refractivity contribution in [2.24, 2.45) is 0 Å². The minimum atomic E-state index is 0. The van der Waals surface area contributed by atoms with Gasteiger partial charge in [-0.15, -0.1) is 0 Å². The number of hydrogen-bond acceptors (Lipinski definition) is 1. The zero-order chi connectivity index (χ0) is 4.24. The van der Waals surface area contributed by atoms with E-state index in [1.54, 1.807) is 12.4 Å². The van der Waals surface area contributed by atoms with Gasteiger partial charge in [0.25, 0.3) is 0 Å². The van der Waals surface area contributed by atoms with Gasteiger partial charge >= 0.3 is 68.9 Å². The summed E-state index contributed by atoms with van der Waals surface area (Å²) in [6.07, 6.45) is 3.50. The predicted octanol–water partition coefficient (Wildman–Crippen LogP) is -4.91. The minimum Gasteiger partial charge on any atom is -1.00 e. The Bertz CT molecular complexity index is 84.4. The first-order valence-electron chi connectivity index (χ1n) is 1.85. The van der Waals surface area contributed by atoms with Crippen molar-refractivity contribution < 1.29 is 73.6 Å². The summed E-state index contributed by atoms with van der Waals surface area (Å²) in [4.78, 5) is 3.78. The monoisotopic (exact) mass is 231 g/mol. The molecule has 0 aromatic carbocycles. The van der Waals surface area contributed by atoms with E-state index in [9.17, 15) is 0 Å². The zero-order valence-electron chi connectivity index (χ0n) is 4.71. The van der Waals surface area contributed by atoms with Gasteiger partial charge in [-0.3, -0.25) is 4.98 Å². The van der Waals surface area contributed by atoms with Crippen molar-refractivity contribution in [3.8, 4) is 0 Å². The molecule has 0 saturated carbocycles. The molecule has 0 bridgehead atoms. The van der Waals surface area contributed by atoms with E-state index in [-0.39, 0.29) is 73.6 Å². The van der Waals surface area contributed by atoms with E-state index >= 15 is 0 Å². The van der Waals surface area contributed by atoms with Crippen molar-refractivity contribution >= 4 is 0 Å².